The Bertz CT molecular complexity index is 502. The highest BCUT2D eigenvalue weighted by Gasteiger charge is 2.31. The van der Waals surface area contributed by atoms with Gasteiger partial charge in [0, 0.05) is 0 Å². The van der Waals surface area contributed by atoms with E-state index >= 15 is 0 Å². The summed E-state index contributed by atoms with van der Waals surface area (Å²) in [5.41, 5.74) is 0. The number of aromatic nitrogens is 4. The molecule has 21 heavy (non-hydrogen) atoms. The van der Waals surface area contributed by atoms with E-state index < -0.39 is 23.9 Å². The zero-order chi connectivity index (χ0) is 15.8. The van der Waals surface area contributed by atoms with Crippen molar-refractivity contribution in [3.05, 3.63) is 0 Å². The van der Waals surface area contributed by atoms with Gasteiger partial charge in [-0.2, -0.15) is 0 Å². The Hall–Kier alpha value is -2.23. The van der Waals surface area contributed by atoms with Crippen molar-refractivity contribution < 1.29 is 23.9 Å². The van der Waals surface area contributed by atoms with Crippen molar-refractivity contribution in [2.45, 2.75) is 19.9 Å². The Kier molecular flexibility index (Phi) is 6.53. The molecule has 0 bridgehead atoms. The lowest BCUT2D eigenvalue weighted by Gasteiger charge is -2.15. The molecule has 1 aromatic heterocycles. The van der Waals surface area contributed by atoms with Crippen LogP contribution in [-0.4, -0.2) is 63.2 Å². The van der Waals surface area contributed by atoms with Gasteiger partial charge < -0.3 is 14.8 Å². The molecule has 0 aliphatic rings. The van der Waals surface area contributed by atoms with Crippen LogP contribution in [0.25, 0.3) is 0 Å². The number of halogens is 1. The van der Waals surface area contributed by atoms with Gasteiger partial charge in [0.15, 0.2) is 0 Å². The minimum Gasteiger partial charge on any atom is -0.464 e. The molecule has 0 unspecified atom stereocenters. The van der Waals surface area contributed by atoms with Crippen LogP contribution in [0.15, 0.2) is 0 Å². The average Bonchev–Trinajstić information content (AvgIpc) is 2.92. The van der Waals surface area contributed by atoms with E-state index in [-0.39, 0.29) is 25.0 Å². The topological polar surface area (TPSA) is 125 Å². The fraction of sp³-hybridized carbons (Fsp3) is 0.600. The molecule has 10 nitrogen and oxygen atoms in total. The van der Waals surface area contributed by atoms with E-state index in [0.717, 1.165) is 4.68 Å². The molecular weight excluding hydrogens is 306 g/mol. The van der Waals surface area contributed by atoms with E-state index in [1.807, 2.05) is 0 Å². The number of anilines is 1. The van der Waals surface area contributed by atoms with Gasteiger partial charge in [0.1, 0.15) is 5.88 Å². The smallest absolute Gasteiger partial charge is 0.340 e. The molecule has 0 aliphatic heterocycles. The molecule has 0 amide bonds. The van der Waals surface area contributed by atoms with Crippen molar-refractivity contribution in [3.63, 3.8) is 0 Å². The normalized spacial score (nSPS) is 10.3. The minimum absolute atomic E-state index is 0.0714. The summed E-state index contributed by atoms with van der Waals surface area (Å²) >= 11 is 5.40. The third kappa shape index (κ3) is 4.38. The van der Waals surface area contributed by atoms with E-state index in [1.165, 1.54) is 0 Å². The maximum absolute atomic E-state index is 11.8. The van der Waals surface area contributed by atoms with E-state index in [1.54, 1.807) is 13.8 Å². The summed E-state index contributed by atoms with van der Waals surface area (Å²) in [5, 5.41) is 12.6. The van der Waals surface area contributed by atoms with Gasteiger partial charge in [-0.3, -0.25) is 4.79 Å². The van der Waals surface area contributed by atoms with Gasteiger partial charge in [0.25, 0.3) is 11.9 Å². The van der Waals surface area contributed by atoms with Crippen LogP contribution in [0.1, 0.15) is 18.6 Å². The molecule has 1 N–H and O–H groups in total. The predicted molar refractivity (Wildman–Crippen MR) is 69.8 cm³/mol. The van der Waals surface area contributed by atoms with Crippen LogP contribution in [0, 0.1) is 0 Å². The summed E-state index contributed by atoms with van der Waals surface area (Å²) < 4.78 is 10.2. The second-order valence-electron chi connectivity index (χ2n) is 3.52. The number of hydrogen-bond donors (Lipinski definition) is 1. The predicted octanol–water partition coefficient (Wildman–Crippen LogP) is -0.541. The molecule has 1 heterocycles. The van der Waals surface area contributed by atoms with Gasteiger partial charge in [0.05, 0.1) is 13.2 Å². The van der Waals surface area contributed by atoms with Crippen LogP contribution in [0.5, 0.6) is 0 Å². The maximum atomic E-state index is 11.8. The molecule has 0 spiro atoms. The third-order valence-electron chi connectivity index (χ3n) is 2.14. The molecule has 0 atom stereocenters. The first-order valence-corrected chi connectivity index (χ1v) is 6.55. The molecule has 11 heteroatoms. The maximum Gasteiger partial charge on any atom is 0.340 e. The Morgan fingerprint density at radius 1 is 1.24 bits per heavy atom. The zero-order valence-corrected chi connectivity index (χ0v) is 12.2. The SMILES string of the molecule is CCOC(=O)C(Nc1nnnn1C(=O)CCl)C(=O)OCC. The number of ether oxygens (including phenoxy) is 2. The summed E-state index contributed by atoms with van der Waals surface area (Å²) in [6, 6.07) is -1.49. The number of nitrogens with one attached hydrogen (secondary N) is 1. The van der Waals surface area contributed by atoms with Gasteiger partial charge in [-0.1, -0.05) is 5.10 Å². The molecule has 0 fully saturated rings. The second-order valence-corrected chi connectivity index (χ2v) is 3.79. The van der Waals surface area contributed by atoms with Gasteiger partial charge in [-0.05, 0) is 24.3 Å². The number of hydrogen-bond acceptors (Lipinski definition) is 9. The summed E-state index contributed by atoms with van der Waals surface area (Å²) in [4.78, 5) is 35.0. The molecule has 1 rings (SSSR count). The van der Waals surface area contributed by atoms with Crippen LogP contribution in [0.3, 0.4) is 0 Å². The number of tetrazole rings is 1. The van der Waals surface area contributed by atoms with Gasteiger partial charge in [-0.25, -0.2) is 9.59 Å². The molecule has 0 saturated carbocycles. The van der Waals surface area contributed by atoms with E-state index in [4.69, 9.17) is 21.1 Å². The number of nitrogens with zero attached hydrogens (tertiary/aromatic N) is 4. The van der Waals surface area contributed by atoms with Crippen molar-refractivity contribution in [3.8, 4) is 0 Å². The van der Waals surface area contributed by atoms with E-state index in [9.17, 15) is 14.4 Å². The lowest BCUT2D eigenvalue weighted by Crippen LogP contribution is -2.41. The highest BCUT2D eigenvalue weighted by Crippen LogP contribution is 2.06. The summed E-state index contributed by atoms with van der Waals surface area (Å²) in [7, 11) is 0. The van der Waals surface area contributed by atoms with E-state index in [2.05, 4.69) is 20.8 Å². The first kappa shape index (κ1) is 16.8. The summed E-state index contributed by atoms with van der Waals surface area (Å²) in [5.74, 6) is -2.96. The number of carbonyl (C=O) groups excluding carboxylic acids is 3. The third-order valence-corrected chi connectivity index (χ3v) is 2.37. The van der Waals surface area contributed by atoms with Crippen molar-refractivity contribution in [1.82, 2.24) is 20.2 Å². The van der Waals surface area contributed by atoms with Gasteiger partial charge in [0.2, 0.25) is 6.04 Å². The standard InChI is InChI=1S/C10H14ClN5O5/c1-3-20-8(18)7(9(19)21-4-2)12-10-13-14-15-16(10)6(17)5-11/h7H,3-5H2,1-2H3,(H,12,13,15). The number of alkyl halides is 1. The van der Waals surface area contributed by atoms with Gasteiger partial charge >= 0.3 is 11.9 Å². The van der Waals surface area contributed by atoms with Crippen molar-refractivity contribution in [2.75, 3.05) is 24.4 Å². The Morgan fingerprint density at radius 2 is 1.81 bits per heavy atom. The lowest BCUT2D eigenvalue weighted by molar-refractivity contribution is -0.155. The van der Waals surface area contributed by atoms with Crippen molar-refractivity contribution in [2.24, 2.45) is 0 Å². The number of rotatable bonds is 7. The largest absolute Gasteiger partial charge is 0.464 e. The van der Waals surface area contributed by atoms with Crippen LogP contribution in [0.4, 0.5) is 5.95 Å². The Balaban J connectivity index is 2.96. The van der Waals surface area contributed by atoms with E-state index in [0.29, 0.717) is 0 Å². The zero-order valence-electron chi connectivity index (χ0n) is 11.4. The molecule has 0 aromatic carbocycles. The molecule has 116 valence electrons. The van der Waals surface area contributed by atoms with Crippen LogP contribution < -0.4 is 5.32 Å². The van der Waals surface area contributed by atoms with Crippen LogP contribution >= 0.6 is 11.6 Å². The van der Waals surface area contributed by atoms with Gasteiger partial charge in [-0.15, -0.1) is 16.3 Å². The number of esters is 2. The van der Waals surface area contributed by atoms with Crippen molar-refractivity contribution >= 4 is 35.4 Å². The molecule has 0 radical (unpaired) electrons. The Morgan fingerprint density at radius 3 is 2.29 bits per heavy atom. The monoisotopic (exact) mass is 319 g/mol. The summed E-state index contributed by atoms with van der Waals surface area (Å²) in [6.45, 7) is 3.31. The molecule has 0 aliphatic carbocycles. The highest BCUT2D eigenvalue weighted by molar-refractivity contribution is 6.27. The minimum atomic E-state index is -1.49. The van der Waals surface area contributed by atoms with Crippen LogP contribution in [0.2, 0.25) is 0 Å². The lowest BCUT2D eigenvalue weighted by atomic mass is 10.3. The molecule has 1 aromatic rings. The quantitative estimate of drug-likeness (QED) is 0.305. The number of carbonyl (C=O) groups is 3. The van der Waals surface area contributed by atoms with Crippen LogP contribution in [-0.2, 0) is 19.1 Å². The molecule has 0 saturated heterocycles. The molecular formula is C10H14ClN5O5. The van der Waals surface area contributed by atoms with Crippen molar-refractivity contribution in [1.29, 1.82) is 0 Å². The highest BCUT2D eigenvalue weighted by atomic mass is 35.5. The summed E-state index contributed by atoms with van der Waals surface area (Å²) in [6.07, 6.45) is 0. The average molecular weight is 320 g/mol. The first-order valence-electron chi connectivity index (χ1n) is 6.02. The second kappa shape index (κ2) is 8.15. The fourth-order valence-corrected chi connectivity index (χ4v) is 1.41. The Labute approximate surface area is 124 Å². The first-order chi connectivity index (χ1) is 10.0. The fourth-order valence-electron chi connectivity index (χ4n) is 1.30.